The average molecular weight is 271 g/mol. The summed E-state index contributed by atoms with van der Waals surface area (Å²) < 4.78 is 12.1. The van der Waals surface area contributed by atoms with Crippen molar-refractivity contribution in [1.29, 1.82) is 0 Å². The Hall–Kier alpha value is -1.59. The number of phenolic OH excluding ortho intramolecular Hbond substituents is 1. The number of rotatable bonds is 1. The molecule has 1 saturated heterocycles. The van der Waals surface area contributed by atoms with Crippen LogP contribution in [-0.4, -0.2) is 28.4 Å². The first-order chi connectivity index (χ1) is 9.30. The number of benzene rings is 1. The first kappa shape index (κ1) is 13.4. The zero-order valence-electron chi connectivity index (χ0n) is 12.2. The molecule has 1 aliphatic rings. The molecule has 1 aromatic heterocycles. The standard InChI is InChI=1S/C15H18BNO3/c1-14(2)15(3,4)20-16(19-14)13-8-11(18)7-10-5-6-17-9-12(10)13/h5-9,18H,1-4H3. The third kappa shape index (κ3) is 1.98. The van der Waals surface area contributed by atoms with Crippen LogP contribution in [0, 0.1) is 0 Å². The van der Waals surface area contributed by atoms with Crippen LogP contribution in [0.1, 0.15) is 27.7 Å². The Morgan fingerprint density at radius 2 is 1.75 bits per heavy atom. The van der Waals surface area contributed by atoms with Crippen molar-refractivity contribution >= 4 is 23.4 Å². The summed E-state index contributed by atoms with van der Waals surface area (Å²) in [5.74, 6) is 0.202. The lowest BCUT2D eigenvalue weighted by atomic mass is 9.76. The van der Waals surface area contributed by atoms with Crippen molar-refractivity contribution in [3.63, 3.8) is 0 Å². The Kier molecular flexibility index (Phi) is 2.82. The molecule has 5 heteroatoms. The van der Waals surface area contributed by atoms with Crippen LogP contribution in [0.5, 0.6) is 5.75 Å². The van der Waals surface area contributed by atoms with E-state index in [-0.39, 0.29) is 5.75 Å². The quantitative estimate of drug-likeness (QED) is 0.808. The number of nitrogens with zero attached hydrogens (tertiary/aromatic N) is 1. The number of fused-ring (bicyclic) bond motifs is 1. The summed E-state index contributed by atoms with van der Waals surface area (Å²) in [6.07, 6.45) is 3.48. The highest BCUT2D eigenvalue weighted by Gasteiger charge is 2.52. The maximum absolute atomic E-state index is 9.90. The molecule has 2 heterocycles. The minimum Gasteiger partial charge on any atom is -0.508 e. The summed E-state index contributed by atoms with van der Waals surface area (Å²) in [6, 6.07) is 5.27. The van der Waals surface area contributed by atoms with E-state index in [1.54, 1.807) is 24.5 Å². The zero-order chi connectivity index (χ0) is 14.5. The van der Waals surface area contributed by atoms with E-state index in [0.717, 1.165) is 16.2 Å². The van der Waals surface area contributed by atoms with Gasteiger partial charge in [0.25, 0.3) is 0 Å². The van der Waals surface area contributed by atoms with Crippen molar-refractivity contribution in [2.24, 2.45) is 0 Å². The second-order valence-corrected chi connectivity index (χ2v) is 6.22. The summed E-state index contributed by atoms with van der Waals surface area (Å²) >= 11 is 0. The van der Waals surface area contributed by atoms with Crippen molar-refractivity contribution in [2.75, 3.05) is 0 Å². The van der Waals surface area contributed by atoms with Crippen molar-refractivity contribution in [2.45, 2.75) is 38.9 Å². The molecule has 20 heavy (non-hydrogen) atoms. The van der Waals surface area contributed by atoms with E-state index in [9.17, 15) is 5.11 Å². The third-order valence-electron chi connectivity index (χ3n) is 4.28. The molecule has 1 N–H and O–H groups in total. The van der Waals surface area contributed by atoms with Gasteiger partial charge in [0.2, 0.25) is 0 Å². The molecular weight excluding hydrogens is 253 g/mol. The molecule has 1 aromatic carbocycles. The Morgan fingerprint density at radius 3 is 2.40 bits per heavy atom. The fraction of sp³-hybridized carbons (Fsp3) is 0.400. The molecule has 2 aromatic rings. The van der Waals surface area contributed by atoms with Gasteiger partial charge in [-0.2, -0.15) is 0 Å². The molecule has 0 radical (unpaired) electrons. The van der Waals surface area contributed by atoms with Crippen LogP contribution >= 0.6 is 0 Å². The maximum atomic E-state index is 9.90. The fourth-order valence-electron chi connectivity index (χ4n) is 2.38. The second-order valence-electron chi connectivity index (χ2n) is 6.22. The van der Waals surface area contributed by atoms with E-state index in [2.05, 4.69) is 4.98 Å². The third-order valence-corrected chi connectivity index (χ3v) is 4.28. The summed E-state index contributed by atoms with van der Waals surface area (Å²) in [5, 5.41) is 11.8. The summed E-state index contributed by atoms with van der Waals surface area (Å²) in [4.78, 5) is 4.15. The topological polar surface area (TPSA) is 51.6 Å². The molecular formula is C15H18BNO3. The Labute approximate surface area is 118 Å². The summed E-state index contributed by atoms with van der Waals surface area (Å²) in [6.45, 7) is 8.04. The lowest BCUT2D eigenvalue weighted by Gasteiger charge is -2.32. The number of aromatic hydroxyl groups is 1. The van der Waals surface area contributed by atoms with E-state index in [1.165, 1.54) is 0 Å². The van der Waals surface area contributed by atoms with Gasteiger partial charge in [0.05, 0.1) is 11.2 Å². The number of pyridine rings is 1. The molecule has 0 atom stereocenters. The van der Waals surface area contributed by atoms with Crippen LogP contribution in [0.15, 0.2) is 30.6 Å². The molecule has 0 saturated carbocycles. The number of hydrogen-bond donors (Lipinski definition) is 1. The molecule has 1 aliphatic heterocycles. The molecule has 4 nitrogen and oxygen atoms in total. The van der Waals surface area contributed by atoms with E-state index in [4.69, 9.17) is 9.31 Å². The van der Waals surface area contributed by atoms with Gasteiger partial charge in [0.15, 0.2) is 0 Å². The van der Waals surface area contributed by atoms with Gasteiger partial charge >= 0.3 is 7.12 Å². The molecule has 0 bridgehead atoms. The average Bonchev–Trinajstić information content (AvgIpc) is 2.57. The Bertz CT molecular complexity index is 653. The van der Waals surface area contributed by atoms with Crippen LogP contribution in [-0.2, 0) is 9.31 Å². The minimum atomic E-state index is -0.501. The highest BCUT2D eigenvalue weighted by molar-refractivity contribution is 6.65. The molecule has 0 aliphatic carbocycles. The van der Waals surface area contributed by atoms with E-state index in [0.29, 0.717) is 0 Å². The van der Waals surface area contributed by atoms with Gasteiger partial charge in [0.1, 0.15) is 5.75 Å². The monoisotopic (exact) mass is 271 g/mol. The van der Waals surface area contributed by atoms with Gasteiger partial charge in [-0.3, -0.25) is 4.98 Å². The van der Waals surface area contributed by atoms with E-state index in [1.807, 2.05) is 33.8 Å². The molecule has 0 spiro atoms. The molecule has 0 amide bonds. The lowest BCUT2D eigenvalue weighted by molar-refractivity contribution is 0.00578. The Morgan fingerprint density at radius 1 is 1.10 bits per heavy atom. The smallest absolute Gasteiger partial charge is 0.495 e. The predicted octanol–water partition coefficient (Wildman–Crippen LogP) is 2.24. The SMILES string of the molecule is CC1(C)OB(c2cc(O)cc3ccncc23)OC1(C)C. The molecule has 1 fully saturated rings. The van der Waals surface area contributed by atoms with Gasteiger partial charge in [-0.1, -0.05) is 0 Å². The van der Waals surface area contributed by atoms with Crippen molar-refractivity contribution in [1.82, 2.24) is 4.98 Å². The number of phenols is 1. The van der Waals surface area contributed by atoms with Crippen LogP contribution in [0.2, 0.25) is 0 Å². The molecule has 0 unspecified atom stereocenters. The summed E-state index contributed by atoms with van der Waals surface area (Å²) in [5.41, 5.74) is 0.00161. The molecule has 104 valence electrons. The Balaban J connectivity index is 2.12. The highest BCUT2D eigenvalue weighted by Crippen LogP contribution is 2.37. The fourth-order valence-corrected chi connectivity index (χ4v) is 2.38. The predicted molar refractivity (Wildman–Crippen MR) is 79.1 cm³/mol. The number of hydrogen-bond acceptors (Lipinski definition) is 4. The first-order valence-electron chi connectivity index (χ1n) is 6.72. The van der Waals surface area contributed by atoms with Crippen LogP contribution in [0.4, 0.5) is 0 Å². The summed E-state index contributed by atoms with van der Waals surface area (Å²) in [7, 11) is -0.501. The lowest BCUT2D eigenvalue weighted by Crippen LogP contribution is -2.41. The van der Waals surface area contributed by atoms with Gasteiger partial charge in [-0.25, -0.2) is 0 Å². The molecule has 3 rings (SSSR count). The van der Waals surface area contributed by atoms with Gasteiger partial charge < -0.3 is 14.4 Å². The van der Waals surface area contributed by atoms with Crippen LogP contribution in [0.25, 0.3) is 10.8 Å². The van der Waals surface area contributed by atoms with Gasteiger partial charge in [-0.05, 0) is 56.7 Å². The van der Waals surface area contributed by atoms with Crippen molar-refractivity contribution < 1.29 is 14.4 Å². The zero-order valence-corrected chi connectivity index (χ0v) is 12.2. The highest BCUT2D eigenvalue weighted by atomic mass is 16.7. The maximum Gasteiger partial charge on any atom is 0.495 e. The second kappa shape index (κ2) is 4.20. The van der Waals surface area contributed by atoms with E-state index >= 15 is 0 Å². The van der Waals surface area contributed by atoms with Crippen molar-refractivity contribution in [3.05, 3.63) is 30.6 Å². The van der Waals surface area contributed by atoms with Gasteiger partial charge in [-0.15, -0.1) is 0 Å². The van der Waals surface area contributed by atoms with Crippen LogP contribution in [0.3, 0.4) is 0 Å². The number of aromatic nitrogens is 1. The first-order valence-corrected chi connectivity index (χ1v) is 6.72. The van der Waals surface area contributed by atoms with Crippen molar-refractivity contribution in [3.8, 4) is 5.75 Å². The van der Waals surface area contributed by atoms with Gasteiger partial charge in [0, 0.05) is 17.8 Å². The van der Waals surface area contributed by atoms with E-state index < -0.39 is 18.3 Å². The van der Waals surface area contributed by atoms with Crippen LogP contribution < -0.4 is 5.46 Å². The normalized spacial score (nSPS) is 20.5. The minimum absolute atomic E-state index is 0.202. The largest absolute Gasteiger partial charge is 0.508 e.